The van der Waals surface area contributed by atoms with Gasteiger partial charge in [-0.25, -0.2) is 16.8 Å². The van der Waals surface area contributed by atoms with E-state index in [-0.39, 0.29) is 10.6 Å². The lowest BCUT2D eigenvalue weighted by Crippen LogP contribution is -2.05. The van der Waals surface area contributed by atoms with E-state index in [1.807, 2.05) is 0 Å². The molecule has 0 fully saturated rings. The van der Waals surface area contributed by atoms with Gasteiger partial charge in [-0.2, -0.15) is 0 Å². The largest absolute Gasteiger partial charge is 0.229 e. The Labute approximate surface area is 101 Å². The summed E-state index contributed by atoms with van der Waals surface area (Å²) in [5.41, 5.74) is 1.68. The van der Waals surface area contributed by atoms with Crippen molar-refractivity contribution in [2.75, 3.05) is 12.0 Å². The van der Waals surface area contributed by atoms with Crippen molar-refractivity contribution in [2.45, 2.75) is 11.8 Å². The molecule has 0 amide bonds. The van der Waals surface area contributed by atoms with Crippen LogP contribution < -0.4 is 0 Å². The van der Waals surface area contributed by atoms with Crippen LogP contribution in [0, 0.1) is 6.92 Å². The minimum Gasteiger partial charge on any atom is -0.229 e. The molecule has 1 aromatic carbocycles. The summed E-state index contributed by atoms with van der Waals surface area (Å²) >= 11 is 0. The molecule has 92 valence electrons. The molecule has 0 unspecified atom stereocenters. The SMILES string of the molecule is Cc1cccc2c1C(CS(C)(=O)=O)=CS2(=O)=O. The van der Waals surface area contributed by atoms with Crippen LogP contribution in [0.3, 0.4) is 0 Å². The van der Waals surface area contributed by atoms with Gasteiger partial charge in [-0.3, -0.25) is 0 Å². The predicted molar refractivity (Wildman–Crippen MR) is 66.1 cm³/mol. The zero-order valence-electron chi connectivity index (χ0n) is 9.47. The Morgan fingerprint density at radius 3 is 2.47 bits per heavy atom. The molecule has 0 radical (unpaired) electrons. The van der Waals surface area contributed by atoms with Crippen LogP contribution in [0.25, 0.3) is 5.57 Å². The zero-order valence-corrected chi connectivity index (χ0v) is 11.1. The highest BCUT2D eigenvalue weighted by Gasteiger charge is 2.29. The molecule has 2 rings (SSSR count). The molecule has 0 bridgehead atoms. The van der Waals surface area contributed by atoms with E-state index in [4.69, 9.17) is 0 Å². The fraction of sp³-hybridized carbons (Fsp3) is 0.273. The Morgan fingerprint density at radius 2 is 1.88 bits per heavy atom. The molecule has 0 aliphatic carbocycles. The molecule has 17 heavy (non-hydrogen) atoms. The summed E-state index contributed by atoms with van der Waals surface area (Å²) in [6.07, 6.45) is 1.09. The van der Waals surface area contributed by atoms with Crippen molar-refractivity contribution in [3.8, 4) is 0 Å². The number of benzene rings is 1. The van der Waals surface area contributed by atoms with Gasteiger partial charge in [0.15, 0.2) is 9.84 Å². The molecule has 0 spiro atoms. The topological polar surface area (TPSA) is 68.3 Å². The number of aryl methyl sites for hydroxylation is 1. The van der Waals surface area contributed by atoms with Crippen molar-refractivity contribution < 1.29 is 16.8 Å². The Bertz CT molecular complexity index is 710. The summed E-state index contributed by atoms with van der Waals surface area (Å²) in [6.45, 7) is 1.77. The van der Waals surface area contributed by atoms with Gasteiger partial charge in [-0.1, -0.05) is 12.1 Å². The monoisotopic (exact) mass is 272 g/mol. The van der Waals surface area contributed by atoms with Crippen LogP contribution in [-0.2, 0) is 19.7 Å². The van der Waals surface area contributed by atoms with Gasteiger partial charge in [0.1, 0.15) is 0 Å². The Hall–Kier alpha value is -1.14. The van der Waals surface area contributed by atoms with Crippen molar-refractivity contribution in [3.05, 3.63) is 34.7 Å². The molecule has 1 aliphatic heterocycles. The van der Waals surface area contributed by atoms with E-state index in [0.29, 0.717) is 11.1 Å². The van der Waals surface area contributed by atoms with E-state index >= 15 is 0 Å². The maximum absolute atomic E-state index is 11.8. The second kappa shape index (κ2) is 3.68. The fourth-order valence-corrected chi connectivity index (χ4v) is 4.43. The van der Waals surface area contributed by atoms with Crippen LogP contribution in [0.1, 0.15) is 11.1 Å². The van der Waals surface area contributed by atoms with Gasteiger partial charge in [-0.05, 0) is 24.1 Å². The zero-order chi connectivity index (χ0) is 12.8. The van der Waals surface area contributed by atoms with Crippen LogP contribution in [-0.4, -0.2) is 28.8 Å². The molecular formula is C11H12O4S2. The second-order valence-corrected chi connectivity index (χ2v) is 8.11. The minimum atomic E-state index is -3.48. The first-order valence-electron chi connectivity index (χ1n) is 4.94. The lowest BCUT2D eigenvalue weighted by Gasteiger charge is -2.06. The molecule has 1 aliphatic rings. The molecule has 0 aromatic heterocycles. The highest BCUT2D eigenvalue weighted by molar-refractivity contribution is 7.95. The molecule has 1 aromatic rings. The van der Waals surface area contributed by atoms with Crippen molar-refractivity contribution in [1.29, 1.82) is 0 Å². The van der Waals surface area contributed by atoms with Gasteiger partial charge < -0.3 is 0 Å². The Kier molecular flexibility index (Phi) is 2.67. The van der Waals surface area contributed by atoms with Crippen molar-refractivity contribution in [1.82, 2.24) is 0 Å². The Morgan fingerprint density at radius 1 is 1.24 bits per heavy atom. The summed E-state index contributed by atoms with van der Waals surface area (Å²) in [6, 6.07) is 4.93. The first-order chi connectivity index (χ1) is 7.71. The van der Waals surface area contributed by atoms with Crippen LogP contribution in [0.2, 0.25) is 0 Å². The van der Waals surface area contributed by atoms with E-state index < -0.39 is 19.7 Å². The first-order valence-corrected chi connectivity index (χ1v) is 8.55. The van der Waals surface area contributed by atoms with Gasteiger partial charge in [0.25, 0.3) is 0 Å². The highest BCUT2D eigenvalue weighted by atomic mass is 32.2. The average Bonchev–Trinajstić information content (AvgIpc) is 2.36. The highest BCUT2D eigenvalue weighted by Crippen LogP contribution is 2.35. The van der Waals surface area contributed by atoms with Gasteiger partial charge in [-0.15, -0.1) is 0 Å². The van der Waals surface area contributed by atoms with Gasteiger partial charge in [0.2, 0.25) is 9.84 Å². The number of sulfone groups is 2. The number of hydrogen-bond acceptors (Lipinski definition) is 4. The van der Waals surface area contributed by atoms with Crippen LogP contribution in [0.15, 0.2) is 28.5 Å². The molecule has 0 N–H and O–H groups in total. The standard InChI is InChI=1S/C11H12O4S2/c1-8-4-3-5-10-11(8)9(6-16(2,12)13)7-17(10,14)15/h3-5,7H,6H2,1-2H3. The summed E-state index contributed by atoms with van der Waals surface area (Å²) in [5.74, 6) is -0.246. The van der Waals surface area contributed by atoms with Gasteiger partial charge >= 0.3 is 0 Å². The van der Waals surface area contributed by atoms with E-state index in [9.17, 15) is 16.8 Å². The van der Waals surface area contributed by atoms with Crippen molar-refractivity contribution in [2.24, 2.45) is 0 Å². The summed E-state index contributed by atoms with van der Waals surface area (Å²) in [7, 11) is -6.73. The van der Waals surface area contributed by atoms with Crippen LogP contribution >= 0.6 is 0 Å². The van der Waals surface area contributed by atoms with Gasteiger partial charge in [0.05, 0.1) is 10.6 Å². The third kappa shape index (κ3) is 2.28. The maximum Gasteiger partial charge on any atom is 0.200 e. The number of fused-ring (bicyclic) bond motifs is 1. The lowest BCUT2D eigenvalue weighted by atomic mass is 10.0. The van der Waals surface area contributed by atoms with E-state index in [0.717, 1.165) is 17.2 Å². The van der Waals surface area contributed by atoms with Crippen LogP contribution in [0.5, 0.6) is 0 Å². The maximum atomic E-state index is 11.8. The number of rotatable bonds is 2. The molecule has 1 heterocycles. The molecule has 4 nitrogen and oxygen atoms in total. The van der Waals surface area contributed by atoms with Crippen molar-refractivity contribution >= 4 is 25.2 Å². The van der Waals surface area contributed by atoms with E-state index in [1.54, 1.807) is 19.1 Å². The van der Waals surface area contributed by atoms with E-state index in [2.05, 4.69) is 0 Å². The summed E-state index contributed by atoms with van der Waals surface area (Å²) in [4.78, 5) is 0.205. The molecule has 0 saturated heterocycles. The van der Waals surface area contributed by atoms with E-state index in [1.165, 1.54) is 6.07 Å². The smallest absolute Gasteiger partial charge is 0.200 e. The third-order valence-electron chi connectivity index (χ3n) is 2.58. The minimum absolute atomic E-state index is 0.205. The summed E-state index contributed by atoms with van der Waals surface area (Å²) in [5, 5.41) is 1.06. The predicted octanol–water partition coefficient (Wildman–Crippen LogP) is 1.17. The quantitative estimate of drug-likeness (QED) is 0.810. The molecule has 0 atom stereocenters. The number of hydrogen-bond donors (Lipinski definition) is 0. The first kappa shape index (κ1) is 12.3. The molecular weight excluding hydrogens is 260 g/mol. The second-order valence-electron chi connectivity index (χ2n) is 4.21. The molecule has 6 heteroatoms. The molecule has 0 saturated carbocycles. The van der Waals surface area contributed by atoms with Crippen molar-refractivity contribution in [3.63, 3.8) is 0 Å². The Balaban J connectivity index is 2.68. The fourth-order valence-electron chi connectivity index (χ4n) is 1.99. The average molecular weight is 272 g/mol. The lowest BCUT2D eigenvalue weighted by molar-refractivity contribution is 0.603. The third-order valence-corrected chi connectivity index (χ3v) is 4.96. The summed E-state index contributed by atoms with van der Waals surface area (Å²) < 4.78 is 46.2. The van der Waals surface area contributed by atoms with Crippen LogP contribution in [0.4, 0.5) is 0 Å². The normalized spacial score (nSPS) is 17.6. The van der Waals surface area contributed by atoms with Gasteiger partial charge in [0, 0.05) is 17.2 Å².